The Morgan fingerprint density at radius 1 is 1.58 bits per heavy atom. The van der Waals surface area contributed by atoms with Gasteiger partial charge in [-0.3, -0.25) is 4.79 Å². The summed E-state index contributed by atoms with van der Waals surface area (Å²) in [4.78, 5) is 33.4. The number of nitrogens with zero attached hydrogens (tertiary/aromatic N) is 1. The van der Waals surface area contributed by atoms with E-state index in [1.807, 2.05) is 0 Å². The number of halogens is 1. The van der Waals surface area contributed by atoms with Gasteiger partial charge in [0.15, 0.2) is 0 Å². The minimum atomic E-state index is -1.57. The highest BCUT2D eigenvalue weighted by Gasteiger charge is 2.10. The molecule has 0 saturated carbocycles. The molecule has 0 aliphatic heterocycles. The molecule has 1 heterocycles. The van der Waals surface area contributed by atoms with Crippen molar-refractivity contribution in [2.45, 2.75) is 0 Å². The number of hydrogen-bond donors (Lipinski definition) is 1. The van der Waals surface area contributed by atoms with Crippen molar-refractivity contribution in [3.8, 4) is 0 Å². The van der Waals surface area contributed by atoms with Crippen molar-refractivity contribution in [1.82, 2.24) is 15.3 Å². The van der Waals surface area contributed by atoms with E-state index in [-0.39, 0.29) is 4.57 Å². The Bertz CT molecular complexity index is 432. The molecule has 1 aromatic rings. The number of aromatic amines is 1. The molecule has 1 rings (SSSR count). The fourth-order valence-electron chi connectivity index (χ4n) is 0.635. The highest BCUT2D eigenvalue weighted by molar-refractivity contribution is 5.73. The van der Waals surface area contributed by atoms with Gasteiger partial charge in [-0.25, -0.2) is 15.3 Å². The average Bonchev–Trinajstić information content (AvgIpc) is 1.97. The van der Waals surface area contributed by atoms with Crippen LogP contribution in [0, 0.1) is 5.82 Å². The SMILES string of the molecule is [NH]C(=O)n1c(=O)[nH]cc(F)c1=O. The van der Waals surface area contributed by atoms with Crippen molar-refractivity contribution in [3.63, 3.8) is 0 Å². The minimum Gasteiger partial charge on any atom is -0.311 e. The number of aromatic nitrogens is 2. The zero-order chi connectivity index (χ0) is 9.30. The molecule has 0 unspecified atom stereocenters. The third-order valence-electron chi connectivity index (χ3n) is 1.14. The average molecular weight is 172 g/mol. The van der Waals surface area contributed by atoms with Gasteiger partial charge in [0.05, 0.1) is 0 Å². The summed E-state index contributed by atoms with van der Waals surface area (Å²) in [6.07, 6.45) is 0.532. The maximum atomic E-state index is 12.4. The second-order valence-electron chi connectivity index (χ2n) is 1.89. The third kappa shape index (κ3) is 1.11. The number of H-pyrrole nitrogens is 1. The molecule has 0 aliphatic carbocycles. The standard InChI is InChI=1S/C5H3FN3O3/c6-2-1-8-5(12)9(3(2)10)4(7)11/h1,7H,(H,8,12). The summed E-state index contributed by atoms with van der Waals surface area (Å²) in [5.74, 6) is -1.28. The number of carbonyl (C=O) groups is 1. The van der Waals surface area contributed by atoms with Gasteiger partial charge in [-0.2, -0.15) is 8.96 Å². The summed E-state index contributed by atoms with van der Waals surface area (Å²) >= 11 is 0. The fourth-order valence-corrected chi connectivity index (χ4v) is 0.635. The van der Waals surface area contributed by atoms with E-state index in [2.05, 4.69) is 0 Å². The molecule has 1 aromatic heterocycles. The predicted molar refractivity (Wildman–Crippen MR) is 35.2 cm³/mol. The Balaban J connectivity index is 3.67. The van der Waals surface area contributed by atoms with E-state index in [1.165, 1.54) is 0 Å². The first kappa shape index (κ1) is 8.18. The largest absolute Gasteiger partial charge is 0.351 e. The molecule has 0 aliphatic rings. The van der Waals surface area contributed by atoms with E-state index in [0.717, 1.165) is 0 Å². The molecule has 7 heteroatoms. The van der Waals surface area contributed by atoms with Gasteiger partial charge in [-0.05, 0) is 0 Å². The van der Waals surface area contributed by atoms with Crippen molar-refractivity contribution in [1.29, 1.82) is 0 Å². The molecule has 0 atom stereocenters. The zero-order valence-corrected chi connectivity index (χ0v) is 5.63. The van der Waals surface area contributed by atoms with Gasteiger partial charge in [-0.15, -0.1) is 0 Å². The van der Waals surface area contributed by atoms with E-state index in [1.54, 1.807) is 4.98 Å². The Hall–Kier alpha value is -1.92. The van der Waals surface area contributed by atoms with E-state index < -0.39 is 23.1 Å². The van der Waals surface area contributed by atoms with Crippen LogP contribution in [0.1, 0.15) is 0 Å². The maximum absolute atomic E-state index is 12.4. The van der Waals surface area contributed by atoms with Crippen LogP contribution in [0.2, 0.25) is 0 Å². The van der Waals surface area contributed by atoms with Gasteiger partial charge in [0, 0.05) is 6.20 Å². The summed E-state index contributed by atoms with van der Waals surface area (Å²) in [6, 6.07) is -1.57. The molecular weight excluding hydrogens is 169 g/mol. The highest BCUT2D eigenvalue weighted by Crippen LogP contribution is 1.79. The van der Waals surface area contributed by atoms with Crippen molar-refractivity contribution < 1.29 is 9.18 Å². The Labute approximate surface area is 64.4 Å². The second kappa shape index (κ2) is 2.61. The number of amides is 1. The molecular formula is C5H3FN3O3. The van der Waals surface area contributed by atoms with Gasteiger partial charge in [0.25, 0.3) is 0 Å². The summed E-state index contributed by atoms with van der Waals surface area (Å²) in [5, 5.41) is 0. The van der Waals surface area contributed by atoms with Crippen LogP contribution < -0.4 is 17.0 Å². The van der Waals surface area contributed by atoms with Crippen LogP contribution in [0.3, 0.4) is 0 Å². The highest BCUT2D eigenvalue weighted by atomic mass is 19.1. The second-order valence-corrected chi connectivity index (χ2v) is 1.89. The summed E-state index contributed by atoms with van der Waals surface area (Å²) in [7, 11) is 0. The van der Waals surface area contributed by atoms with Crippen LogP contribution in [-0.4, -0.2) is 15.6 Å². The molecule has 0 spiro atoms. The van der Waals surface area contributed by atoms with Gasteiger partial charge >= 0.3 is 17.3 Å². The molecule has 0 saturated heterocycles. The van der Waals surface area contributed by atoms with Crippen molar-refractivity contribution in [2.24, 2.45) is 0 Å². The summed E-state index contributed by atoms with van der Waals surface area (Å²) in [6.45, 7) is 0. The molecule has 1 radical (unpaired) electrons. The van der Waals surface area contributed by atoms with Crippen LogP contribution in [0.4, 0.5) is 9.18 Å². The number of rotatable bonds is 0. The van der Waals surface area contributed by atoms with E-state index >= 15 is 0 Å². The zero-order valence-electron chi connectivity index (χ0n) is 5.63. The minimum absolute atomic E-state index is 0.144. The molecule has 0 bridgehead atoms. The van der Waals surface area contributed by atoms with Crippen molar-refractivity contribution in [2.75, 3.05) is 0 Å². The Morgan fingerprint density at radius 3 is 2.58 bits per heavy atom. The van der Waals surface area contributed by atoms with Gasteiger partial charge < -0.3 is 4.98 Å². The molecule has 12 heavy (non-hydrogen) atoms. The van der Waals surface area contributed by atoms with Crippen LogP contribution in [0.25, 0.3) is 0 Å². The smallest absolute Gasteiger partial charge is 0.311 e. The molecule has 63 valence electrons. The maximum Gasteiger partial charge on any atom is 0.351 e. The van der Waals surface area contributed by atoms with E-state index in [4.69, 9.17) is 5.73 Å². The first-order valence-electron chi connectivity index (χ1n) is 2.80. The summed E-state index contributed by atoms with van der Waals surface area (Å²) in [5.41, 5.74) is 3.89. The lowest BCUT2D eigenvalue weighted by atomic mass is 10.6. The lowest BCUT2D eigenvalue weighted by molar-refractivity contribution is 0.247. The first-order chi connectivity index (χ1) is 5.54. The van der Waals surface area contributed by atoms with E-state index in [0.29, 0.717) is 6.20 Å². The summed E-state index contributed by atoms with van der Waals surface area (Å²) < 4.78 is 12.2. The fraction of sp³-hybridized carbons (Fsp3) is 0. The van der Waals surface area contributed by atoms with Crippen LogP contribution in [-0.2, 0) is 0 Å². The number of carbonyl (C=O) groups excluding carboxylic acids is 1. The quantitative estimate of drug-likeness (QED) is 0.539. The normalized spacial score (nSPS) is 9.75. The third-order valence-corrected chi connectivity index (χ3v) is 1.14. The van der Waals surface area contributed by atoms with Gasteiger partial charge in [-0.1, -0.05) is 0 Å². The van der Waals surface area contributed by atoms with E-state index in [9.17, 15) is 18.8 Å². The number of hydrogen-bond acceptors (Lipinski definition) is 3. The molecule has 1 amide bonds. The van der Waals surface area contributed by atoms with Crippen molar-refractivity contribution >= 4 is 6.03 Å². The van der Waals surface area contributed by atoms with Gasteiger partial charge in [0.1, 0.15) is 0 Å². The molecule has 6 nitrogen and oxygen atoms in total. The lowest BCUT2D eigenvalue weighted by Crippen LogP contribution is -2.40. The monoisotopic (exact) mass is 172 g/mol. The number of nitrogens with one attached hydrogen (secondary N) is 2. The Kier molecular flexibility index (Phi) is 1.78. The van der Waals surface area contributed by atoms with Crippen LogP contribution in [0.5, 0.6) is 0 Å². The topological polar surface area (TPSA) is 95.7 Å². The lowest BCUT2D eigenvalue weighted by Gasteiger charge is -1.94. The first-order valence-corrected chi connectivity index (χ1v) is 2.80. The molecule has 2 N–H and O–H groups in total. The molecule has 0 aromatic carbocycles. The van der Waals surface area contributed by atoms with Crippen molar-refractivity contribution in [3.05, 3.63) is 32.9 Å². The predicted octanol–water partition coefficient (Wildman–Crippen LogP) is -1.07. The van der Waals surface area contributed by atoms with Gasteiger partial charge in [0.2, 0.25) is 5.82 Å². The van der Waals surface area contributed by atoms with Crippen LogP contribution >= 0.6 is 0 Å². The van der Waals surface area contributed by atoms with Crippen LogP contribution in [0.15, 0.2) is 15.8 Å². The molecule has 0 fully saturated rings. The Morgan fingerprint density at radius 2 is 2.17 bits per heavy atom.